The van der Waals surface area contributed by atoms with Gasteiger partial charge in [0.2, 0.25) is 0 Å². The van der Waals surface area contributed by atoms with Gasteiger partial charge in [0.1, 0.15) is 0 Å². The lowest BCUT2D eigenvalue weighted by atomic mass is 9.91. The van der Waals surface area contributed by atoms with E-state index in [0.717, 1.165) is 37.1 Å². The van der Waals surface area contributed by atoms with Crippen LogP contribution < -0.4 is 5.32 Å². The summed E-state index contributed by atoms with van der Waals surface area (Å²) in [6.07, 6.45) is 5.11. The minimum atomic E-state index is -0.0818. The molecule has 1 aliphatic carbocycles. The second-order valence-electron chi connectivity index (χ2n) is 5.54. The predicted octanol–water partition coefficient (Wildman–Crippen LogP) is 3.77. The second-order valence-corrected chi connectivity index (χ2v) is 7.12. The van der Waals surface area contributed by atoms with Gasteiger partial charge in [-0.1, -0.05) is 11.6 Å². The summed E-state index contributed by atoms with van der Waals surface area (Å²) in [6.45, 7) is 0. The fourth-order valence-electron chi connectivity index (χ4n) is 3.07. The molecule has 1 saturated carbocycles. The Morgan fingerprint density at radius 3 is 2.74 bits per heavy atom. The molecule has 0 bridgehead atoms. The van der Waals surface area contributed by atoms with Gasteiger partial charge in [-0.05, 0) is 61.6 Å². The number of thioether (sulfide) groups is 1. The lowest BCUT2D eigenvalue weighted by Gasteiger charge is -2.33. The monoisotopic (exact) mass is 297 g/mol. The van der Waals surface area contributed by atoms with Crippen molar-refractivity contribution in [1.82, 2.24) is 5.32 Å². The zero-order chi connectivity index (χ0) is 13.2. The number of aliphatic hydroxyl groups is 1. The molecular weight excluding hydrogens is 278 g/mol. The van der Waals surface area contributed by atoms with Crippen LogP contribution in [0.4, 0.5) is 0 Å². The summed E-state index contributed by atoms with van der Waals surface area (Å²) in [6, 6.07) is 7.20. The van der Waals surface area contributed by atoms with Crippen molar-refractivity contribution < 1.29 is 5.11 Å². The van der Waals surface area contributed by atoms with Crippen molar-refractivity contribution in [3.05, 3.63) is 28.8 Å². The number of fused-ring (bicyclic) bond motifs is 1. The summed E-state index contributed by atoms with van der Waals surface area (Å²) in [5.74, 6) is 1.17. The molecule has 3 rings (SSSR count). The fraction of sp³-hybridized carbons (Fsp3) is 0.600. The highest BCUT2D eigenvalue weighted by Gasteiger charge is 2.26. The number of hydrogen-bond acceptors (Lipinski definition) is 3. The Balaban J connectivity index is 1.71. The molecule has 19 heavy (non-hydrogen) atoms. The van der Waals surface area contributed by atoms with Gasteiger partial charge in [0.25, 0.3) is 0 Å². The number of nitrogens with one attached hydrogen (secondary N) is 1. The molecule has 1 heterocycles. The summed E-state index contributed by atoms with van der Waals surface area (Å²) in [5.41, 5.74) is 1.36. The van der Waals surface area contributed by atoms with Crippen LogP contribution in [0.1, 0.15) is 43.7 Å². The third kappa shape index (κ3) is 3.27. The van der Waals surface area contributed by atoms with E-state index in [1.54, 1.807) is 0 Å². The van der Waals surface area contributed by atoms with Crippen LogP contribution >= 0.6 is 23.4 Å². The summed E-state index contributed by atoms with van der Waals surface area (Å²) >= 11 is 8.06. The molecule has 1 aromatic carbocycles. The first-order valence-electron chi connectivity index (χ1n) is 7.09. The minimum absolute atomic E-state index is 0.0818. The fourth-order valence-corrected chi connectivity index (χ4v) is 4.35. The highest BCUT2D eigenvalue weighted by Crippen LogP contribution is 2.38. The van der Waals surface area contributed by atoms with Crippen LogP contribution in [0.5, 0.6) is 0 Å². The van der Waals surface area contributed by atoms with Gasteiger partial charge in [0, 0.05) is 22.0 Å². The van der Waals surface area contributed by atoms with Crippen molar-refractivity contribution in [2.24, 2.45) is 0 Å². The Bertz CT molecular complexity index is 446. The van der Waals surface area contributed by atoms with Crippen LogP contribution in [-0.4, -0.2) is 23.0 Å². The molecule has 0 amide bonds. The maximum absolute atomic E-state index is 9.58. The van der Waals surface area contributed by atoms with Gasteiger partial charge in [-0.2, -0.15) is 0 Å². The molecule has 1 aromatic rings. The topological polar surface area (TPSA) is 32.3 Å². The van der Waals surface area contributed by atoms with Crippen LogP contribution in [0.15, 0.2) is 23.1 Å². The Labute approximate surface area is 123 Å². The van der Waals surface area contributed by atoms with Crippen LogP contribution in [0.25, 0.3) is 0 Å². The summed E-state index contributed by atoms with van der Waals surface area (Å²) in [5, 5.41) is 14.2. The second kappa shape index (κ2) is 6.04. The van der Waals surface area contributed by atoms with E-state index in [4.69, 9.17) is 11.6 Å². The van der Waals surface area contributed by atoms with Gasteiger partial charge in [0.05, 0.1) is 6.10 Å². The average Bonchev–Trinajstić information content (AvgIpc) is 2.42. The molecule has 2 N–H and O–H groups in total. The number of aliphatic hydroxyl groups excluding tert-OH is 1. The lowest BCUT2D eigenvalue weighted by molar-refractivity contribution is 0.114. The number of benzene rings is 1. The van der Waals surface area contributed by atoms with Crippen molar-refractivity contribution in [3.63, 3.8) is 0 Å². The highest BCUT2D eigenvalue weighted by atomic mass is 35.5. The molecule has 2 nitrogen and oxygen atoms in total. The van der Waals surface area contributed by atoms with Crippen molar-refractivity contribution in [2.75, 3.05) is 5.75 Å². The zero-order valence-corrected chi connectivity index (χ0v) is 12.5. The Hall–Kier alpha value is -0.220. The molecule has 0 radical (unpaired) electrons. The van der Waals surface area contributed by atoms with Gasteiger partial charge in [-0.15, -0.1) is 11.8 Å². The standard InChI is InChI=1S/C15H20ClNOS/c16-10-1-6-15-13(9-10)14(7-8-19-15)17-11-2-4-12(18)5-3-11/h1,6,9,11-12,14,17-18H,2-5,7-8H2. The predicted molar refractivity (Wildman–Crippen MR) is 80.9 cm³/mol. The van der Waals surface area contributed by atoms with E-state index in [9.17, 15) is 5.11 Å². The lowest BCUT2D eigenvalue weighted by Crippen LogP contribution is -2.38. The quantitative estimate of drug-likeness (QED) is 0.871. The third-order valence-corrected chi connectivity index (χ3v) is 5.50. The van der Waals surface area contributed by atoms with E-state index in [2.05, 4.69) is 17.4 Å². The van der Waals surface area contributed by atoms with E-state index in [1.807, 2.05) is 17.8 Å². The van der Waals surface area contributed by atoms with Crippen molar-refractivity contribution in [3.8, 4) is 0 Å². The number of halogens is 1. The zero-order valence-electron chi connectivity index (χ0n) is 10.9. The first kappa shape index (κ1) is 13.7. The SMILES string of the molecule is OC1CCC(NC2CCSc3ccc(Cl)cc32)CC1. The highest BCUT2D eigenvalue weighted by molar-refractivity contribution is 7.99. The van der Waals surface area contributed by atoms with E-state index < -0.39 is 0 Å². The van der Waals surface area contributed by atoms with Gasteiger partial charge < -0.3 is 10.4 Å². The van der Waals surface area contributed by atoms with Crippen LogP contribution in [-0.2, 0) is 0 Å². The van der Waals surface area contributed by atoms with Gasteiger partial charge in [-0.25, -0.2) is 0 Å². The molecule has 2 aliphatic rings. The first-order chi connectivity index (χ1) is 9.22. The van der Waals surface area contributed by atoms with Crippen LogP contribution in [0, 0.1) is 0 Å². The summed E-state index contributed by atoms with van der Waals surface area (Å²) in [4.78, 5) is 1.36. The molecule has 1 aliphatic heterocycles. The average molecular weight is 298 g/mol. The molecule has 4 heteroatoms. The third-order valence-electron chi connectivity index (χ3n) is 4.14. The molecule has 1 unspecified atom stereocenters. The normalized spacial score (nSPS) is 30.9. The summed E-state index contributed by atoms with van der Waals surface area (Å²) in [7, 11) is 0. The van der Waals surface area contributed by atoms with Gasteiger partial charge in [0.15, 0.2) is 0 Å². The van der Waals surface area contributed by atoms with Crippen molar-refractivity contribution in [2.45, 2.75) is 55.2 Å². The maximum Gasteiger partial charge on any atom is 0.0541 e. The minimum Gasteiger partial charge on any atom is -0.393 e. The Morgan fingerprint density at radius 2 is 1.95 bits per heavy atom. The molecule has 0 aromatic heterocycles. The summed E-state index contributed by atoms with van der Waals surface area (Å²) < 4.78 is 0. The Kier molecular flexibility index (Phi) is 4.37. The van der Waals surface area contributed by atoms with Crippen molar-refractivity contribution >= 4 is 23.4 Å². The molecule has 1 atom stereocenters. The Morgan fingerprint density at radius 1 is 1.16 bits per heavy atom. The number of hydrogen-bond donors (Lipinski definition) is 2. The molecule has 0 saturated heterocycles. The first-order valence-corrected chi connectivity index (χ1v) is 8.45. The maximum atomic E-state index is 9.58. The van der Waals surface area contributed by atoms with Crippen LogP contribution in [0.2, 0.25) is 5.02 Å². The molecule has 1 fully saturated rings. The van der Waals surface area contributed by atoms with Crippen molar-refractivity contribution in [1.29, 1.82) is 0 Å². The van der Waals surface area contributed by atoms with E-state index in [1.165, 1.54) is 16.2 Å². The largest absolute Gasteiger partial charge is 0.393 e. The van der Waals surface area contributed by atoms with E-state index in [-0.39, 0.29) is 6.10 Å². The van der Waals surface area contributed by atoms with E-state index in [0.29, 0.717) is 12.1 Å². The smallest absolute Gasteiger partial charge is 0.0541 e. The number of rotatable bonds is 2. The molecule has 104 valence electrons. The van der Waals surface area contributed by atoms with Gasteiger partial charge >= 0.3 is 0 Å². The van der Waals surface area contributed by atoms with Gasteiger partial charge in [-0.3, -0.25) is 0 Å². The van der Waals surface area contributed by atoms with E-state index >= 15 is 0 Å². The molecule has 0 spiro atoms. The van der Waals surface area contributed by atoms with Crippen LogP contribution in [0.3, 0.4) is 0 Å². The molecular formula is C15H20ClNOS.